The van der Waals surface area contributed by atoms with Crippen LogP contribution < -0.4 is 15.5 Å². The summed E-state index contributed by atoms with van der Waals surface area (Å²) < 4.78 is 19.7. The van der Waals surface area contributed by atoms with E-state index in [1.54, 1.807) is 24.3 Å². The Morgan fingerprint density at radius 2 is 1.72 bits per heavy atom. The number of hydrogen-bond donors (Lipinski definition) is 2. The van der Waals surface area contributed by atoms with Gasteiger partial charge in [0.2, 0.25) is 11.8 Å². The third-order valence-corrected chi connectivity index (χ3v) is 6.95. The SMILES string of the molecule is CC(=O)Nc1cccc(NC(=O)CN2C(=O)N(c3ccc(F)cc3)C(=O)C3OC4CCCCC4C32)c1. The molecule has 2 aromatic carbocycles. The molecule has 36 heavy (non-hydrogen) atoms. The lowest BCUT2D eigenvalue weighted by atomic mass is 9.81. The summed E-state index contributed by atoms with van der Waals surface area (Å²) in [5.74, 6) is -1.71. The Hall–Kier alpha value is -3.79. The largest absolute Gasteiger partial charge is 0.363 e. The highest BCUT2D eigenvalue weighted by molar-refractivity contribution is 6.18. The van der Waals surface area contributed by atoms with Gasteiger partial charge in [0.05, 0.1) is 17.8 Å². The van der Waals surface area contributed by atoms with Gasteiger partial charge in [-0.25, -0.2) is 14.1 Å². The van der Waals surface area contributed by atoms with Gasteiger partial charge < -0.3 is 20.3 Å². The van der Waals surface area contributed by atoms with Crippen molar-refractivity contribution in [3.05, 3.63) is 54.3 Å². The Morgan fingerprint density at radius 3 is 2.44 bits per heavy atom. The van der Waals surface area contributed by atoms with E-state index in [-0.39, 0.29) is 30.2 Å². The predicted molar refractivity (Wildman–Crippen MR) is 130 cm³/mol. The van der Waals surface area contributed by atoms with E-state index in [4.69, 9.17) is 4.74 Å². The fourth-order valence-corrected chi connectivity index (χ4v) is 5.49. The molecule has 10 heteroatoms. The van der Waals surface area contributed by atoms with E-state index in [0.29, 0.717) is 11.4 Å². The van der Waals surface area contributed by atoms with Crippen LogP contribution in [-0.4, -0.2) is 53.4 Å². The van der Waals surface area contributed by atoms with Gasteiger partial charge in [0.1, 0.15) is 12.4 Å². The highest BCUT2D eigenvalue weighted by Crippen LogP contribution is 2.43. The number of carbonyl (C=O) groups is 4. The van der Waals surface area contributed by atoms with Crippen molar-refractivity contribution < 1.29 is 28.3 Å². The monoisotopic (exact) mass is 494 g/mol. The van der Waals surface area contributed by atoms with Crippen LogP contribution in [0.5, 0.6) is 0 Å². The molecule has 188 valence electrons. The Balaban J connectivity index is 1.42. The molecule has 0 aromatic heterocycles. The van der Waals surface area contributed by atoms with E-state index in [2.05, 4.69) is 10.6 Å². The predicted octanol–water partition coefficient (Wildman–Crippen LogP) is 3.52. The minimum atomic E-state index is -0.892. The number of halogens is 1. The Bertz CT molecular complexity index is 1200. The zero-order valence-corrected chi connectivity index (χ0v) is 19.8. The molecule has 2 saturated heterocycles. The number of rotatable bonds is 5. The van der Waals surface area contributed by atoms with Crippen LogP contribution in [-0.2, 0) is 19.1 Å². The number of imide groups is 1. The quantitative estimate of drug-likeness (QED) is 0.661. The van der Waals surface area contributed by atoms with Gasteiger partial charge in [-0.3, -0.25) is 14.4 Å². The van der Waals surface area contributed by atoms with Gasteiger partial charge >= 0.3 is 6.03 Å². The smallest absolute Gasteiger partial charge is 0.332 e. The summed E-state index contributed by atoms with van der Waals surface area (Å²) in [5.41, 5.74) is 1.20. The fourth-order valence-electron chi connectivity index (χ4n) is 5.49. The number of carbonyl (C=O) groups excluding carboxylic acids is 4. The van der Waals surface area contributed by atoms with Gasteiger partial charge in [-0.1, -0.05) is 18.9 Å². The van der Waals surface area contributed by atoms with Crippen LogP contribution >= 0.6 is 0 Å². The van der Waals surface area contributed by atoms with Crippen molar-refractivity contribution in [1.82, 2.24) is 4.90 Å². The summed E-state index contributed by atoms with van der Waals surface area (Å²) in [5, 5.41) is 5.43. The number of hydrogen-bond acceptors (Lipinski definition) is 5. The maximum atomic E-state index is 13.7. The fraction of sp³-hybridized carbons (Fsp3) is 0.385. The minimum Gasteiger partial charge on any atom is -0.363 e. The van der Waals surface area contributed by atoms with Crippen LogP contribution in [0.1, 0.15) is 32.6 Å². The first kappa shape index (κ1) is 23.9. The van der Waals surface area contributed by atoms with Crippen molar-refractivity contribution in [3.63, 3.8) is 0 Å². The number of ether oxygens (including phenoxy) is 1. The number of nitrogens with one attached hydrogen (secondary N) is 2. The Labute approximate surface area is 207 Å². The molecule has 5 amide bonds. The van der Waals surface area contributed by atoms with Crippen LogP contribution in [0.25, 0.3) is 0 Å². The van der Waals surface area contributed by atoms with Gasteiger partial charge in [-0.15, -0.1) is 0 Å². The van der Waals surface area contributed by atoms with Crippen molar-refractivity contribution in [2.24, 2.45) is 5.92 Å². The summed E-state index contributed by atoms with van der Waals surface area (Å²) in [7, 11) is 0. The van der Waals surface area contributed by atoms with E-state index >= 15 is 0 Å². The molecule has 0 spiro atoms. The second kappa shape index (κ2) is 9.69. The number of nitrogens with zero attached hydrogens (tertiary/aromatic N) is 2. The molecule has 0 bridgehead atoms. The molecular weight excluding hydrogens is 467 g/mol. The van der Waals surface area contributed by atoms with Gasteiger partial charge in [0.15, 0.2) is 6.10 Å². The van der Waals surface area contributed by atoms with Crippen LogP contribution in [0.2, 0.25) is 0 Å². The molecular formula is C26H27FN4O5. The van der Waals surface area contributed by atoms with E-state index in [1.807, 2.05) is 0 Å². The van der Waals surface area contributed by atoms with Crippen molar-refractivity contribution in [2.75, 3.05) is 22.1 Å². The molecule has 3 aliphatic rings. The number of anilines is 3. The van der Waals surface area contributed by atoms with Crippen molar-refractivity contribution in [1.29, 1.82) is 0 Å². The molecule has 3 fully saturated rings. The second-order valence-electron chi connectivity index (χ2n) is 9.40. The first-order chi connectivity index (χ1) is 17.3. The lowest BCUT2D eigenvalue weighted by Gasteiger charge is -2.42. The summed E-state index contributed by atoms with van der Waals surface area (Å²) in [6, 6.07) is 10.6. The first-order valence-electron chi connectivity index (χ1n) is 12.0. The van der Waals surface area contributed by atoms with Gasteiger partial charge in [0, 0.05) is 24.2 Å². The molecule has 4 atom stereocenters. The van der Waals surface area contributed by atoms with Crippen LogP contribution in [0.4, 0.5) is 26.2 Å². The summed E-state index contributed by atoms with van der Waals surface area (Å²) in [4.78, 5) is 53.9. The maximum absolute atomic E-state index is 13.7. The minimum absolute atomic E-state index is 0.0390. The zero-order valence-electron chi connectivity index (χ0n) is 19.8. The molecule has 5 rings (SSSR count). The molecule has 2 heterocycles. The molecule has 2 aliphatic heterocycles. The molecule has 0 radical (unpaired) electrons. The van der Waals surface area contributed by atoms with E-state index in [9.17, 15) is 23.6 Å². The number of fused-ring (bicyclic) bond motifs is 3. The average Bonchev–Trinajstić information content (AvgIpc) is 3.23. The number of benzene rings is 2. The van der Waals surface area contributed by atoms with Crippen molar-refractivity contribution in [3.8, 4) is 0 Å². The Morgan fingerprint density at radius 1 is 1.03 bits per heavy atom. The number of amides is 5. The third-order valence-electron chi connectivity index (χ3n) is 6.95. The normalized spacial score (nSPS) is 25.3. The standard InChI is InChI=1S/C26H27FN4O5/c1-15(32)28-17-5-4-6-18(13-17)29-22(33)14-30-23-20-7-2-3-8-21(20)36-24(23)25(34)31(26(30)35)19-11-9-16(27)10-12-19/h4-6,9-13,20-21,23-24H,2-3,7-8,14H2,1H3,(H,28,32)(H,29,33). The van der Waals surface area contributed by atoms with Gasteiger partial charge in [-0.2, -0.15) is 0 Å². The summed E-state index contributed by atoms with van der Waals surface area (Å²) in [6.07, 6.45) is 2.50. The lowest BCUT2D eigenvalue weighted by Crippen LogP contribution is -2.65. The van der Waals surface area contributed by atoms with Gasteiger partial charge in [0.25, 0.3) is 5.91 Å². The first-order valence-corrected chi connectivity index (χ1v) is 12.0. The Kier molecular flexibility index (Phi) is 6.44. The van der Waals surface area contributed by atoms with Crippen LogP contribution in [0.3, 0.4) is 0 Å². The maximum Gasteiger partial charge on any atom is 0.332 e. The van der Waals surface area contributed by atoms with Gasteiger partial charge in [-0.05, 0) is 55.3 Å². The summed E-state index contributed by atoms with van der Waals surface area (Å²) >= 11 is 0. The molecule has 9 nitrogen and oxygen atoms in total. The average molecular weight is 495 g/mol. The highest BCUT2D eigenvalue weighted by atomic mass is 19.1. The highest BCUT2D eigenvalue weighted by Gasteiger charge is 2.58. The van der Waals surface area contributed by atoms with E-state index in [1.165, 1.54) is 36.1 Å². The van der Waals surface area contributed by atoms with Crippen molar-refractivity contribution in [2.45, 2.75) is 50.9 Å². The van der Waals surface area contributed by atoms with Crippen molar-refractivity contribution >= 4 is 40.8 Å². The topological polar surface area (TPSA) is 108 Å². The second-order valence-corrected chi connectivity index (χ2v) is 9.40. The molecule has 1 saturated carbocycles. The molecule has 2 N–H and O–H groups in total. The van der Waals surface area contributed by atoms with Crippen LogP contribution in [0, 0.1) is 11.7 Å². The lowest BCUT2D eigenvalue weighted by molar-refractivity contribution is -0.133. The molecule has 2 aromatic rings. The zero-order chi connectivity index (χ0) is 25.4. The van der Waals surface area contributed by atoms with E-state index in [0.717, 1.165) is 30.6 Å². The van der Waals surface area contributed by atoms with Crippen LogP contribution in [0.15, 0.2) is 48.5 Å². The summed E-state index contributed by atoms with van der Waals surface area (Å²) in [6.45, 7) is 1.10. The number of urea groups is 1. The molecule has 4 unspecified atom stereocenters. The molecule has 1 aliphatic carbocycles. The third kappa shape index (κ3) is 4.56. The van der Waals surface area contributed by atoms with E-state index < -0.39 is 35.8 Å².